The van der Waals surface area contributed by atoms with Crippen LogP contribution in [0.15, 0.2) is 12.3 Å². The van der Waals surface area contributed by atoms with Crippen molar-refractivity contribution in [3.63, 3.8) is 0 Å². The van der Waals surface area contributed by atoms with Crippen LogP contribution in [0, 0.1) is 0 Å². The second kappa shape index (κ2) is 4.96. The van der Waals surface area contributed by atoms with Crippen LogP contribution in [0.1, 0.15) is 19.8 Å². The molecule has 0 saturated carbocycles. The fraction of sp³-hybridized carbons (Fsp3) is 0.750. The third kappa shape index (κ3) is 3.41. The summed E-state index contributed by atoms with van der Waals surface area (Å²) in [5, 5.41) is 0. The van der Waals surface area contributed by atoms with E-state index in [9.17, 15) is 0 Å². The SMILES string of the molecule is C=C[Si](Cl)(CCCC)N(C)C. The fourth-order valence-electron chi connectivity index (χ4n) is 0.933. The van der Waals surface area contributed by atoms with Crippen molar-refractivity contribution in [3.05, 3.63) is 12.3 Å². The maximum absolute atomic E-state index is 6.38. The van der Waals surface area contributed by atoms with Crippen molar-refractivity contribution in [1.29, 1.82) is 0 Å². The lowest BCUT2D eigenvalue weighted by Crippen LogP contribution is -2.42. The first-order chi connectivity index (χ1) is 5.06. The van der Waals surface area contributed by atoms with Crippen LogP contribution in [0.25, 0.3) is 0 Å². The van der Waals surface area contributed by atoms with Gasteiger partial charge < -0.3 is 4.57 Å². The molecule has 0 aliphatic carbocycles. The summed E-state index contributed by atoms with van der Waals surface area (Å²) in [6.07, 6.45) is 2.42. The number of rotatable bonds is 5. The summed E-state index contributed by atoms with van der Waals surface area (Å²) in [5.41, 5.74) is 1.95. The quantitative estimate of drug-likeness (QED) is 0.477. The van der Waals surface area contributed by atoms with Gasteiger partial charge in [-0.05, 0) is 20.1 Å². The van der Waals surface area contributed by atoms with E-state index in [0.29, 0.717) is 0 Å². The minimum Gasteiger partial charge on any atom is -0.314 e. The van der Waals surface area contributed by atoms with E-state index in [-0.39, 0.29) is 0 Å². The van der Waals surface area contributed by atoms with Crippen molar-refractivity contribution in [1.82, 2.24) is 4.57 Å². The predicted molar refractivity (Wildman–Crippen MR) is 55.2 cm³/mol. The Balaban J connectivity index is 3.99. The first kappa shape index (κ1) is 11.2. The molecule has 1 atom stereocenters. The molecule has 1 nitrogen and oxygen atoms in total. The number of hydrogen-bond donors (Lipinski definition) is 0. The van der Waals surface area contributed by atoms with E-state index < -0.39 is 7.55 Å². The van der Waals surface area contributed by atoms with Crippen molar-refractivity contribution in [2.24, 2.45) is 0 Å². The molecule has 1 unspecified atom stereocenters. The molecule has 66 valence electrons. The van der Waals surface area contributed by atoms with Crippen LogP contribution < -0.4 is 0 Å². The van der Waals surface area contributed by atoms with Gasteiger partial charge in [0.05, 0.1) is 0 Å². The van der Waals surface area contributed by atoms with Crippen LogP contribution in [0.5, 0.6) is 0 Å². The molecule has 0 heterocycles. The molecule has 0 radical (unpaired) electrons. The molecule has 0 rings (SSSR count). The average molecular weight is 192 g/mol. The van der Waals surface area contributed by atoms with E-state index in [0.717, 1.165) is 6.04 Å². The van der Waals surface area contributed by atoms with Gasteiger partial charge in [-0.3, -0.25) is 0 Å². The normalized spacial score (nSPS) is 16.5. The summed E-state index contributed by atoms with van der Waals surface area (Å²) in [6.45, 7) is 5.98. The summed E-state index contributed by atoms with van der Waals surface area (Å²) in [5.74, 6) is 0. The van der Waals surface area contributed by atoms with Gasteiger partial charge in [0, 0.05) is 0 Å². The molecule has 0 bridgehead atoms. The Morgan fingerprint density at radius 2 is 2.09 bits per heavy atom. The topological polar surface area (TPSA) is 3.24 Å². The van der Waals surface area contributed by atoms with Crippen LogP contribution in [0.2, 0.25) is 6.04 Å². The first-order valence-corrected chi connectivity index (χ1v) is 7.31. The molecule has 0 amide bonds. The number of hydrogen-bond acceptors (Lipinski definition) is 1. The maximum Gasteiger partial charge on any atom is 0.252 e. The van der Waals surface area contributed by atoms with E-state index in [4.69, 9.17) is 11.1 Å². The minimum atomic E-state index is -1.75. The van der Waals surface area contributed by atoms with E-state index in [1.165, 1.54) is 12.8 Å². The molecule has 0 aromatic rings. The van der Waals surface area contributed by atoms with E-state index in [1.54, 1.807) is 0 Å². The van der Waals surface area contributed by atoms with Gasteiger partial charge in [-0.1, -0.05) is 25.5 Å². The Bertz CT molecular complexity index is 127. The van der Waals surface area contributed by atoms with Crippen molar-refractivity contribution in [2.45, 2.75) is 25.8 Å². The van der Waals surface area contributed by atoms with Gasteiger partial charge in [0.1, 0.15) is 0 Å². The molecule has 11 heavy (non-hydrogen) atoms. The third-order valence-electron chi connectivity index (χ3n) is 1.94. The molecule has 0 spiro atoms. The van der Waals surface area contributed by atoms with Crippen molar-refractivity contribution in [2.75, 3.05) is 14.1 Å². The molecule has 0 N–H and O–H groups in total. The van der Waals surface area contributed by atoms with Gasteiger partial charge >= 0.3 is 0 Å². The third-order valence-corrected chi connectivity index (χ3v) is 7.15. The number of halogens is 1. The number of nitrogens with zero attached hydrogens (tertiary/aromatic N) is 1. The molecule has 0 aromatic heterocycles. The Hall–Kier alpha value is 0.207. The van der Waals surface area contributed by atoms with Crippen molar-refractivity contribution >= 4 is 18.6 Å². The lowest BCUT2D eigenvalue weighted by molar-refractivity contribution is 0.629. The van der Waals surface area contributed by atoms with E-state index in [1.807, 2.05) is 19.8 Å². The molecular formula is C8H18ClNSi. The highest BCUT2D eigenvalue weighted by molar-refractivity contribution is 7.21. The van der Waals surface area contributed by atoms with Crippen LogP contribution in [0.3, 0.4) is 0 Å². The molecule has 0 aliphatic heterocycles. The maximum atomic E-state index is 6.38. The monoisotopic (exact) mass is 191 g/mol. The predicted octanol–water partition coefficient (Wildman–Crippen LogP) is 2.75. The Labute approximate surface area is 75.8 Å². The highest BCUT2D eigenvalue weighted by atomic mass is 35.6. The van der Waals surface area contributed by atoms with Gasteiger partial charge in [0.2, 0.25) is 0 Å². The van der Waals surface area contributed by atoms with Crippen LogP contribution in [-0.4, -0.2) is 26.2 Å². The standard InChI is InChI=1S/C8H18ClNSi/c1-5-7-8-11(9,6-2)10(3)4/h6H,2,5,7-8H2,1,3-4H3. The van der Waals surface area contributed by atoms with Gasteiger partial charge in [-0.25, -0.2) is 0 Å². The fourth-order valence-corrected chi connectivity index (χ4v) is 3.20. The van der Waals surface area contributed by atoms with Crippen LogP contribution in [0.4, 0.5) is 0 Å². The molecule has 0 aliphatic rings. The summed E-state index contributed by atoms with van der Waals surface area (Å²) in [4.78, 5) is 0. The van der Waals surface area contributed by atoms with Gasteiger partial charge in [0.15, 0.2) is 0 Å². The van der Waals surface area contributed by atoms with E-state index in [2.05, 4.69) is 18.1 Å². The minimum absolute atomic E-state index is 1.11. The lowest BCUT2D eigenvalue weighted by atomic mass is 10.4. The van der Waals surface area contributed by atoms with Crippen LogP contribution >= 0.6 is 11.1 Å². The van der Waals surface area contributed by atoms with Crippen molar-refractivity contribution in [3.8, 4) is 0 Å². The molecular weight excluding hydrogens is 174 g/mol. The molecule has 0 fully saturated rings. The molecule has 0 aromatic carbocycles. The van der Waals surface area contributed by atoms with Crippen LogP contribution in [-0.2, 0) is 0 Å². The zero-order valence-corrected chi connectivity index (χ0v) is 9.49. The van der Waals surface area contributed by atoms with Gasteiger partial charge in [0.25, 0.3) is 7.55 Å². The summed E-state index contributed by atoms with van der Waals surface area (Å²) in [7, 11) is 2.32. The Morgan fingerprint density at radius 1 is 1.55 bits per heavy atom. The Morgan fingerprint density at radius 3 is 2.36 bits per heavy atom. The highest BCUT2D eigenvalue weighted by Crippen LogP contribution is 2.21. The first-order valence-electron chi connectivity index (χ1n) is 4.06. The lowest BCUT2D eigenvalue weighted by Gasteiger charge is -2.27. The largest absolute Gasteiger partial charge is 0.314 e. The van der Waals surface area contributed by atoms with E-state index >= 15 is 0 Å². The van der Waals surface area contributed by atoms with Gasteiger partial charge in [-0.2, -0.15) is 0 Å². The zero-order valence-electron chi connectivity index (χ0n) is 7.73. The summed E-state index contributed by atoms with van der Waals surface area (Å²) < 4.78 is 2.14. The molecule has 0 saturated heterocycles. The molecule has 3 heteroatoms. The highest BCUT2D eigenvalue weighted by Gasteiger charge is 2.29. The smallest absolute Gasteiger partial charge is 0.252 e. The Kier molecular flexibility index (Phi) is 5.05. The summed E-state index contributed by atoms with van der Waals surface area (Å²) in [6, 6.07) is 1.11. The second-order valence-electron chi connectivity index (χ2n) is 3.02. The van der Waals surface area contributed by atoms with Gasteiger partial charge in [-0.15, -0.1) is 17.7 Å². The average Bonchev–Trinajstić information content (AvgIpc) is 2.00. The zero-order chi connectivity index (χ0) is 8.91. The second-order valence-corrected chi connectivity index (χ2v) is 8.42. The summed E-state index contributed by atoms with van der Waals surface area (Å²) >= 11 is 6.38. The number of unbranched alkanes of at least 4 members (excludes halogenated alkanes) is 1. The van der Waals surface area contributed by atoms with Crippen molar-refractivity contribution < 1.29 is 0 Å².